The van der Waals surface area contributed by atoms with Crippen molar-refractivity contribution in [2.75, 3.05) is 23.4 Å². The number of carboxylic acids is 1. The van der Waals surface area contributed by atoms with Gasteiger partial charge in [0.1, 0.15) is 10.6 Å². The average molecular weight is 629 g/mol. The Balaban J connectivity index is 1.94. The minimum absolute atomic E-state index is 0.0388. The number of amides is 1. The summed E-state index contributed by atoms with van der Waals surface area (Å²) >= 11 is 0. The van der Waals surface area contributed by atoms with Gasteiger partial charge >= 0.3 is 16.4 Å². The summed E-state index contributed by atoms with van der Waals surface area (Å²) in [5, 5.41) is 19.5. The Morgan fingerprint density at radius 1 is 0.878 bits per heavy atom. The Labute approximate surface area is 233 Å². The molecule has 3 aromatic carbocycles. The van der Waals surface area contributed by atoms with Gasteiger partial charge in [-0.05, 0) is 48.5 Å². The molecule has 0 spiro atoms. The van der Waals surface area contributed by atoms with E-state index in [2.05, 4.69) is 19.7 Å². The van der Waals surface area contributed by atoms with Gasteiger partial charge in [-0.25, -0.2) is 17.4 Å². The second kappa shape index (κ2) is 12.1. The summed E-state index contributed by atoms with van der Waals surface area (Å²) in [5.74, 6) is -3.06. The Hall–Kier alpha value is -4.27. The minimum atomic E-state index is -4.84. The van der Waals surface area contributed by atoms with Gasteiger partial charge in [-0.15, -0.1) is 5.11 Å². The van der Waals surface area contributed by atoms with E-state index in [4.69, 9.17) is 10.3 Å². The van der Waals surface area contributed by atoms with E-state index in [1.165, 1.54) is 36.4 Å². The van der Waals surface area contributed by atoms with Crippen molar-refractivity contribution in [2.45, 2.75) is 9.79 Å². The molecule has 1 amide bonds. The molecule has 0 fully saturated rings. The van der Waals surface area contributed by atoms with E-state index in [1.807, 2.05) is 0 Å². The first-order chi connectivity index (χ1) is 19.0. The maximum atomic E-state index is 12.9. The number of aromatic carboxylic acids is 1. The molecule has 0 aromatic heterocycles. The largest absolute Gasteiger partial charge is 0.478 e. The molecule has 16 nitrogen and oxygen atoms in total. The molecule has 0 aliphatic carbocycles. The molecule has 0 saturated carbocycles. The quantitative estimate of drug-likeness (QED) is 0.116. The molecular formula is C22H20N4O12S3. The Kier molecular flexibility index (Phi) is 9.21. The standard InChI is InChI=1S/C22H20N4O12S3/c23-17-11-18(24-21(27)15-3-1-2-4-16(15)22(28)29)19(12-20(17)40(32,33)34)26-25-13-5-7-14(8-6-13)39(30,31)10-9-38-41(35,36)37/h1-8,11-12H,9-10,23H2,(H,24,27)(H,28,29)(H,32,33,34)(H,35,36,37). The molecule has 0 radical (unpaired) electrons. The normalized spacial score (nSPS) is 12.3. The van der Waals surface area contributed by atoms with Crippen LogP contribution in [0.5, 0.6) is 0 Å². The van der Waals surface area contributed by atoms with Crippen LogP contribution in [0.2, 0.25) is 0 Å². The monoisotopic (exact) mass is 628 g/mol. The van der Waals surface area contributed by atoms with Gasteiger partial charge in [0, 0.05) is 0 Å². The van der Waals surface area contributed by atoms with Gasteiger partial charge in [0.25, 0.3) is 16.0 Å². The molecule has 6 N–H and O–H groups in total. The molecule has 218 valence electrons. The van der Waals surface area contributed by atoms with Crippen LogP contribution in [0, 0.1) is 0 Å². The fraction of sp³-hybridized carbons (Fsp3) is 0.0909. The van der Waals surface area contributed by atoms with Crippen LogP contribution in [0.15, 0.2) is 80.7 Å². The molecule has 41 heavy (non-hydrogen) atoms. The number of sulfone groups is 1. The topological polar surface area (TPSA) is 269 Å². The van der Waals surface area contributed by atoms with E-state index in [0.717, 1.165) is 24.3 Å². The summed E-state index contributed by atoms with van der Waals surface area (Å²) < 4.78 is 91.4. The Morgan fingerprint density at radius 3 is 2.05 bits per heavy atom. The van der Waals surface area contributed by atoms with E-state index in [-0.39, 0.29) is 33.1 Å². The third-order valence-corrected chi connectivity index (χ3v) is 8.18. The zero-order valence-corrected chi connectivity index (χ0v) is 22.8. The van der Waals surface area contributed by atoms with Gasteiger partial charge in [-0.2, -0.15) is 21.9 Å². The third-order valence-electron chi connectivity index (χ3n) is 5.11. The van der Waals surface area contributed by atoms with E-state index >= 15 is 0 Å². The van der Waals surface area contributed by atoms with Crippen LogP contribution in [0.1, 0.15) is 20.7 Å². The molecule has 0 unspecified atom stereocenters. The van der Waals surface area contributed by atoms with Crippen LogP contribution in [0.25, 0.3) is 0 Å². The second-order valence-corrected chi connectivity index (χ2v) is 12.5. The fourth-order valence-electron chi connectivity index (χ4n) is 3.25. The lowest BCUT2D eigenvalue weighted by molar-refractivity contribution is 0.0692. The summed E-state index contributed by atoms with van der Waals surface area (Å²) in [6, 6.07) is 11.6. The highest BCUT2D eigenvalue weighted by atomic mass is 32.3. The lowest BCUT2D eigenvalue weighted by atomic mass is 10.1. The number of nitrogens with two attached hydrogens (primary N) is 1. The number of rotatable bonds is 11. The molecule has 0 aliphatic heterocycles. The first-order valence-corrected chi connectivity index (χ1v) is 15.3. The van der Waals surface area contributed by atoms with Crippen molar-refractivity contribution in [3.8, 4) is 0 Å². The fourth-order valence-corrected chi connectivity index (χ4v) is 5.35. The number of hydrogen-bond donors (Lipinski definition) is 5. The number of benzene rings is 3. The van der Waals surface area contributed by atoms with Crippen LogP contribution in [-0.4, -0.2) is 63.7 Å². The number of carbonyl (C=O) groups excluding carboxylic acids is 1. The van der Waals surface area contributed by atoms with Gasteiger partial charge in [-0.1, -0.05) is 12.1 Å². The van der Waals surface area contributed by atoms with E-state index in [1.54, 1.807) is 0 Å². The predicted octanol–water partition coefficient (Wildman–Crippen LogP) is 2.47. The molecule has 3 rings (SSSR count). The number of carbonyl (C=O) groups is 2. The summed E-state index contributed by atoms with van der Waals surface area (Å²) in [4.78, 5) is 23.3. The number of azo groups is 1. The lowest BCUT2D eigenvalue weighted by Gasteiger charge is -2.12. The maximum Gasteiger partial charge on any atom is 0.397 e. The van der Waals surface area contributed by atoms with Crippen molar-refractivity contribution in [3.63, 3.8) is 0 Å². The van der Waals surface area contributed by atoms with Crippen molar-refractivity contribution >= 4 is 65.0 Å². The highest BCUT2D eigenvalue weighted by molar-refractivity contribution is 7.91. The lowest BCUT2D eigenvalue weighted by Crippen LogP contribution is -2.17. The van der Waals surface area contributed by atoms with Crippen molar-refractivity contribution < 1.29 is 53.2 Å². The average Bonchev–Trinajstić information content (AvgIpc) is 2.86. The third kappa shape index (κ3) is 8.36. The van der Waals surface area contributed by atoms with Crippen molar-refractivity contribution in [1.82, 2.24) is 0 Å². The van der Waals surface area contributed by atoms with Crippen molar-refractivity contribution in [1.29, 1.82) is 0 Å². The van der Waals surface area contributed by atoms with Gasteiger partial charge in [0.05, 0.1) is 45.4 Å². The Bertz CT molecular complexity index is 1860. The molecule has 0 bridgehead atoms. The van der Waals surface area contributed by atoms with Crippen molar-refractivity contribution in [3.05, 3.63) is 71.8 Å². The maximum absolute atomic E-state index is 12.9. The molecule has 19 heteroatoms. The number of nitrogens with zero attached hydrogens (tertiary/aromatic N) is 2. The van der Waals surface area contributed by atoms with Crippen molar-refractivity contribution in [2.24, 2.45) is 10.2 Å². The van der Waals surface area contributed by atoms with Crippen LogP contribution < -0.4 is 11.1 Å². The minimum Gasteiger partial charge on any atom is -0.478 e. The highest BCUT2D eigenvalue weighted by Crippen LogP contribution is 2.34. The van der Waals surface area contributed by atoms with Gasteiger partial charge in [-0.3, -0.25) is 13.9 Å². The highest BCUT2D eigenvalue weighted by Gasteiger charge is 2.21. The smallest absolute Gasteiger partial charge is 0.397 e. The number of hydrogen-bond acceptors (Lipinski definition) is 12. The van der Waals surface area contributed by atoms with Gasteiger partial charge < -0.3 is 16.2 Å². The van der Waals surface area contributed by atoms with E-state index < -0.39 is 65.2 Å². The number of nitrogen functional groups attached to an aromatic ring is 1. The zero-order chi connectivity index (χ0) is 30.6. The molecular weight excluding hydrogens is 608 g/mol. The summed E-state index contributed by atoms with van der Waals surface area (Å²) in [5.41, 5.74) is 4.20. The number of carboxylic acid groups (broad SMARTS) is 1. The van der Waals surface area contributed by atoms with Crippen LogP contribution >= 0.6 is 0 Å². The SMILES string of the molecule is Nc1cc(NC(=O)c2ccccc2C(=O)O)c(N=Nc2ccc(S(=O)(=O)CCOS(=O)(=O)O)cc2)cc1S(=O)(=O)O. The molecule has 0 atom stereocenters. The second-order valence-electron chi connectivity index (χ2n) is 7.95. The summed E-state index contributed by atoms with van der Waals surface area (Å²) in [6.45, 7) is -0.832. The molecule has 0 aliphatic rings. The first-order valence-electron chi connectivity index (χ1n) is 10.9. The summed E-state index contributed by atoms with van der Waals surface area (Å²) in [6.07, 6.45) is 0. The van der Waals surface area contributed by atoms with Crippen LogP contribution in [0.4, 0.5) is 22.7 Å². The predicted molar refractivity (Wildman–Crippen MR) is 142 cm³/mol. The van der Waals surface area contributed by atoms with E-state index in [0.29, 0.717) is 0 Å². The van der Waals surface area contributed by atoms with Gasteiger partial charge in [0.15, 0.2) is 9.84 Å². The van der Waals surface area contributed by atoms with Gasteiger partial charge in [0.2, 0.25) is 0 Å². The number of nitrogens with one attached hydrogen (secondary N) is 1. The molecule has 0 saturated heterocycles. The zero-order valence-electron chi connectivity index (χ0n) is 20.4. The summed E-state index contributed by atoms with van der Waals surface area (Å²) in [7, 11) is -13.7. The van der Waals surface area contributed by atoms with E-state index in [9.17, 15) is 44.5 Å². The first kappa shape index (κ1) is 31.3. The molecule has 0 heterocycles. The number of anilines is 2. The molecule has 3 aromatic rings. The van der Waals surface area contributed by atoms with Crippen LogP contribution in [-0.2, 0) is 34.5 Å². The Morgan fingerprint density at radius 2 is 1.49 bits per heavy atom. The van der Waals surface area contributed by atoms with Crippen LogP contribution in [0.3, 0.4) is 0 Å².